The minimum absolute atomic E-state index is 0.205. The summed E-state index contributed by atoms with van der Waals surface area (Å²) in [7, 11) is 0. The molecule has 0 radical (unpaired) electrons. The molecule has 1 aliphatic heterocycles. The lowest BCUT2D eigenvalue weighted by Gasteiger charge is -2.08. The number of nitrogens with one attached hydrogen (secondary N) is 1. The molecule has 0 saturated carbocycles. The van der Waals surface area contributed by atoms with Gasteiger partial charge in [0.1, 0.15) is 18.2 Å². The molecule has 4 nitrogen and oxygen atoms in total. The highest BCUT2D eigenvalue weighted by molar-refractivity contribution is 5.98. The Morgan fingerprint density at radius 1 is 1.26 bits per heavy atom. The van der Waals surface area contributed by atoms with Gasteiger partial charge in [0.05, 0.1) is 18.3 Å². The average Bonchev–Trinajstić information content (AvgIpc) is 2.61. The third kappa shape index (κ3) is 2.14. The first-order valence-electron chi connectivity index (χ1n) is 5.90. The van der Waals surface area contributed by atoms with Crippen LogP contribution in [0.1, 0.15) is 10.4 Å². The molecule has 2 heterocycles. The monoisotopic (exact) mass is 258 g/mol. The molecule has 1 aromatic heterocycles. The topological polar surface area (TPSA) is 51.2 Å². The van der Waals surface area contributed by atoms with Gasteiger partial charge in [-0.1, -0.05) is 6.07 Å². The summed E-state index contributed by atoms with van der Waals surface area (Å²) < 4.78 is 19.1. The van der Waals surface area contributed by atoms with Crippen LogP contribution in [-0.2, 0) is 0 Å². The number of nitrogens with zero attached hydrogens (tertiary/aromatic N) is 1. The first-order chi connectivity index (χ1) is 9.25. The van der Waals surface area contributed by atoms with Crippen molar-refractivity contribution >= 4 is 5.91 Å². The summed E-state index contributed by atoms with van der Waals surface area (Å²) in [5.41, 5.74) is 1.46. The number of benzene rings is 1. The van der Waals surface area contributed by atoms with Gasteiger partial charge >= 0.3 is 0 Å². The summed E-state index contributed by atoms with van der Waals surface area (Å²) >= 11 is 0. The highest BCUT2D eigenvalue weighted by Gasteiger charge is 2.17. The Balaban J connectivity index is 2.11. The maximum Gasteiger partial charge on any atom is 0.255 e. The van der Waals surface area contributed by atoms with E-state index in [-0.39, 0.29) is 5.91 Å². The number of rotatable bonds is 1. The molecule has 96 valence electrons. The van der Waals surface area contributed by atoms with Crippen LogP contribution >= 0.6 is 0 Å². The number of fused-ring (bicyclic) bond motifs is 1. The largest absolute Gasteiger partial charge is 0.491 e. The second-order valence-electron chi connectivity index (χ2n) is 4.17. The van der Waals surface area contributed by atoms with Crippen molar-refractivity contribution in [2.75, 3.05) is 13.2 Å². The van der Waals surface area contributed by atoms with Gasteiger partial charge in [0.25, 0.3) is 5.91 Å². The second-order valence-corrected chi connectivity index (χ2v) is 4.17. The van der Waals surface area contributed by atoms with Gasteiger partial charge in [0.15, 0.2) is 0 Å². The highest BCUT2D eigenvalue weighted by atomic mass is 19.1. The molecule has 0 aliphatic carbocycles. The number of hydrogen-bond donors (Lipinski definition) is 1. The zero-order valence-electron chi connectivity index (χ0n) is 10.0. The average molecular weight is 258 g/mol. The van der Waals surface area contributed by atoms with Gasteiger partial charge in [0, 0.05) is 11.8 Å². The van der Waals surface area contributed by atoms with Gasteiger partial charge in [-0.2, -0.15) is 0 Å². The van der Waals surface area contributed by atoms with E-state index in [1.807, 2.05) is 0 Å². The summed E-state index contributed by atoms with van der Waals surface area (Å²) in [6, 6.07) is 6.63. The third-order valence-corrected chi connectivity index (χ3v) is 2.95. The second kappa shape index (κ2) is 4.68. The Labute approximate surface area is 109 Å². The predicted molar refractivity (Wildman–Crippen MR) is 67.5 cm³/mol. The molecule has 0 fully saturated rings. The van der Waals surface area contributed by atoms with Crippen LogP contribution in [0.2, 0.25) is 0 Å². The van der Waals surface area contributed by atoms with E-state index in [9.17, 15) is 9.18 Å². The fourth-order valence-electron chi connectivity index (χ4n) is 2.03. The van der Waals surface area contributed by atoms with Crippen molar-refractivity contribution in [3.8, 4) is 16.9 Å². The smallest absolute Gasteiger partial charge is 0.255 e. The molecule has 0 unspecified atom stereocenters. The zero-order chi connectivity index (χ0) is 13.2. The molecule has 19 heavy (non-hydrogen) atoms. The quantitative estimate of drug-likeness (QED) is 0.851. The van der Waals surface area contributed by atoms with E-state index in [4.69, 9.17) is 4.74 Å². The number of carbonyl (C=O) groups is 1. The Hall–Kier alpha value is -2.43. The molecule has 1 aliphatic rings. The first kappa shape index (κ1) is 11.6. The van der Waals surface area contributed by atoms with Crippen LogP contribution < -0.4 is 10.1 Å². The van der Waals surface area contributed by atoms with Crippen LogP contribution in [0, 0.1) is 5.82 Å². The number of hydrogen-bond acceptors (Lipinski definition) is 3. The fraction of sp³-hybridized carbons (Fsp3) is 0.143. The molecule has 0 saturated heterocycles. The van der Waals surface area contributed by atoms with Gasteiger partial charge in [0.2, 0.25) is 0 Å². The fourth-order valence-corrected chi connectivity index (χ4v) is 2.03. The molecule has 5 heteroatoms. The first-order valence-corrected chi connectivity index (χ1v) is 5.90. The number of halogens is 1. The maximum absolute atomic E-state index is 13.7. The molecular formula is C14H11FN2O2. The van der Waals surface area contributed by atoms with Crippen molar-refractivity contribution in [2.45, 2.75) is 0 Å². The number of pyridine rings is 1. The zero-order valence-corrected chi connectivity index (χ0v) is 10.0. The van der Waals surface area contributed by atoms with Gasteiger partial charge in [-0.3, -0.25) is 9.78 Å². The Morgan fingerprint density at radius 3 is 3.00 bits per heavy atom. The van der Waals surface area contributed by atoms with E-state index < -0.39 is 5.82 Å². The van der Waals surface area contributed by atoms with Crippen molar-refractivity contribution < 1.29 is 13.9 Å². The van der Waals surface area contributed by atoms with Crippen molar-refractivity contribution in [1.82, 2.24) is 10.3 Å². The molecule has 3 rings (SSSR count). The van der Waals surface area contributed by atoms with Crippen LogP contribution in [-0.4, -0.2) is 24.0 Å². The number of ether oxygens (including phenoxy) is 1. The Bertz CT molecular complexity index is 643. The van der Waals surface area contributed by atoms with Crippen LogP contribution in [0.15, 0.2) is 36.7 Å². The molecule has 1 amide bonds. The van der Waals surface area contributed by atoms with Gasteiger partial charge in [-0.25, -0.2) is 4.39 Å². The van der Waals surface area contributed by atoms with Crippen molar-refractivity contribution in [3.05, 3.63) is 48.0 Å². The van der Waals surface area contributed by atoms with Crippen LogP contribution in [0.3, 0.4) is 0 Å². The lowest BCUT2D eigenvalue weighted by Crippen LogP contribution is -2.24. The van der Waals surface area contributed by atoms with Crippen LogP contribution in [0.5, 0.6) is 5.75 Å². The summed E-state index contributed by atoms with van der Waals surface area (Å²) in [5.74, 6) is -0.102. The van der Waals surface area contributed by atoms with Gasteiger partial charge in [-0.15, -0.1) is 0 Å². The summed E-state index contributed by atoms with van der Waals surface area (Å²) in [5, 5.41) is 2.72. The SMILES string of the molecule is O=C1NCCOc2ccc(-c3ccncc3F)cc21. The molecule has 0 atom stereocenters. The van der Waals surface area contributed by atoms with E-state index in [2.05, 4.69) is 10.3 Å². The minimum Gasteiger partial charge on any atom is -0.491 e. The van der Waals surface area contributed by atoms with E-state index in [1.54, 1.807) is 24.3 Å². The van der Waals surface area contributed by atoms with Crippen molar-refractivity contribution in [3.63, 3.8) is 0 Å². The van der Waals surface area contributed by atoms with E-state index in [1.165, 1.54) is 6.20 Å². The van der Waals surface area contributed by atoms with Crippen molar-refractivity contribution in [2.24, 2.45) is 0 Å². The maximum atomic E-state index is 13.7. The molecular weight excluding hydrogens is 247 g/mol. The van der Waals surface area contributed by atoms with Crippen LogP contribution in [0.25, 0.3) is 11.1 Å². The van der Waals surface area contributed by atoms with Crippen molar-refractivity contribution in [1.29, 1.82) is 0 Å². The lowest BCUT2D eigenvalue weighted by molar-refractivity contribution is 0.0957. The van der Waals surface area contributed by atoms with E-state index in [0.717, 1.165) is 6.20 Å². The Kier molecular flexibility index (Phi) is 2.87. The Morgan fingerprint density at radius 2 is 2.16 bits per heavy atom. The standard InChI is InChI=1S/C14H11FN2O2/c15-12-8-16-4-3-10(12)9-1-2-13-11(7-9)14(18)17-5-6-19-13/h1-4,7-8H,5-6H2,(H,17,18). The molecule has 0 spiro atoms. The summed E-state index contributed by atoms with van der Waals surface area (Å²) in [6.45, 7) is 0.897. The minimum atomic E-state index is -0.419. The number of amides is 1. The van der Waals surface area contributed by atoms with E-state index in [0.29, 0.717) is 35.6 Å². The third-order valence-electron chi connectivity index (χ3n) is 2.95. The molecule has 0 bridgehead atoms. The lowest BCUT2D eigenvalue weighted by atomic mass is 10.0. The molecule has 1 aromatic carbocycles. The van der Waals surface area contributed by atoms with Gasteiger partial charge < -0.3 is 10.1 Å². The van der Waals surface area contributed by atoms with E-state index >= 15 is 0 Å². The summed E-state index contributed by atoms with van der Waals surface area (Å²) in [6.07, 6.45) is 2.66. The highest BCUT2D eigenvalue weighted by Crippen LogP contribution is 2.28. The summed E-state index contributed by atoms with van der Waals surface area (Å²) in [4.78, 5) is 15.6. The molecule has 1 N–H and O–H groups in total. The number of aromatic nitrogens is 1. The van der Waals surface area contributed by atoms with Gasteiger partial charge in [-0.05, 0) is 23.8 Å². The van der Waals surface area contributed by atoms with Crippen LogP contribution in [0.4, 0.5) is 4.39 Å². The predicted octanol–water partition coefficient (Wildman–Crippen LogP) is 2.01. The normalized spacial score (nSPS) is 14.1. The molecule has 2 aromatic rings. The number of carbonyl (C=O) groups excluding carboxylic acids is 1.